The Morgan fingerprint density at radius 1 is 1.13 bits per heavy atom. The first-order chi connectivity index (χ1) is 14.9. The molecule has 156 valence electrons. The number of aryl methyl sites for hydroxylation is 1. The van der Waals surface area contributed by atoms with Crippen LogP contribution in [0.3, 0.4) is 0 Å². The van der Waals surface area contributed by atoms with E-state index in [1.54, 1.807) is 44.4 Å². The van der Waals surface area contributed by atoms with Crippen molar-refractivity contribution >= 4 is 34.4 Å². The molecule has 0 amide bonds. The SMILES string of the molecule is COc1ccc(-c2c(C(=O)O)sc3nc(/C=C/c4cccc(C)c4)c(C)c(=O)n23)cc1. The fourth-order valence-electron chi connectivity index (χ4n) is 3.37. The quantitative estimate of drug-likeness (QED) is 0.484. The summed E-state index contributed by atoms with van der Waals surface area (Å²) in [4.78, 5) is 30.2. The van der Waals surface area contributed by atoms with Gasteiger partial charge in [-0.15, -0.1) is 0 Å². The highest BCUT2D eigenvalue weighted by Gasteiger charge is 2.23. The van der Waals surface area contributed by atoms with E-state index in [2.05, 4.69) is 4.98 Å². The highest BCUT2D eigenvalue weighted by molar-refractivity contribution is 7.19. The molecule has 0 aliphatic rings. The van der Waals surface area contributed by atoms with Gasteiger partial charge in [-0.1, -0.05) is 47.2 Å². The van der Waals surface area contributed by atoms with E-state index in [0.717, 1.165) is 22.5 Å². The first kappa shape index (κ1) is 20.6. The van der Waals surface area contributed by atoms with E-state index >= 15 is 0 Å². The number of hydrogen-bond donors (Lipinski definition) is 1. The molecule has 0 radical (unpaired) electrons. The van der Waals surface area contributed by atoms with Gasteiger partial charge >= 0.3 is 5.97 Å². The number of hydrogen-bond acceptors (Lipinski definition) is 5. The molecule has 1 N–H and O–H groups in total. The molecular weight excluding hydrogens is 412 g/mol. The summed E-state index contributed by atoms with van der Waals surface area (Å²) in [6.07, 6.45) is 3.69. The van der Waals surface area contributed by atoms with Crippen molar-refractivity contribution in [3.05, 3.63) is 86.1 Å². The van der Waals surface area contributed by atoms with Gasteiger partial charge in [-0.2, -0.15) is 0 Å². The first-order valence-corrected chi connectivity index (χ1v) is 10.4. The Balaban J connectivity index is 1.90. The lowest BCUT2D eigenvalue weighted by molar-refractivity contribution is 0.0702. The second-order valence-electron chi connectivity index (χ2n) is 7.11. The zero-order chi connectivity index (χ0) is 22.1. The summed E-state index contributed by atoms with van der Waals surface area (Å²) in [7, 11) is 1.56. The topological polar surface area (TPSA) is 80.9 Å². The van der Waals surface area contributed by atoms with Crippen LogP contribution in [-0.4, -0.2) is 27.6 Å². The van der Waals surface area contributed by atoms with Gasteiger partial charge in [-0.05, 0) is 49.8 Å². The van der Waals surface area contributed by atoms with Gasteiger partial charge in [0.05, 0.1) is 18.5 Å². The molecule has 2 heterocycles. The van der Waals surface area contributed by atoms with Crippen LogP contribution >= 0.6 is 11.3 Å². The second kappa shape index (κ2) is 8.20. The summed E-state index contributed by atoms with van der Waals surface area (Å²) >= 11 is 0.985. The van der Waals surface area contributed by atoms with Crippen LogP contribution in [0.1, 0.15) is 32.1 Å². The summed E-state index contributed by atoms with van der Waals surface area (Å²) in [5, 5.41) is 9.76. The molecule has 0 aliphatic heterocycles. The largest absolute Gasteiger partial charge is 0.497 e. The van der Waals surface area contributed by atoms with E-state index in [1.165, 1.54) is 4.40 Å². The first-order valence-electron chi connectivity index (χ1n) is 9.57. The third kappa shape index (κ3) is 3.87. The van der Waals surface area contributed by atoms with Gasteiger partial charge < -0.3 is 9.84 Å². The minimum Gasteiger partial charge on any atom is -0.497 e. The lowest BCUT2D eigenvalue weighted by Gasteiger charge is -2.07. The van der Waals surface area contributed by atoms with E-state index in [4.69, 9.17) is 4.74 Å². The molecule has 0 bridgehead atoms. The predicted molar refractivity (Wildman–Crippen MR) is 123 cm³/mol. The minimum atomic E-state index is -1.10. The molecule has 0 atom stereocenters. The maximum absolute atomic E-state index is 13.2. The van der Waals surface area contributed by atoms with E-state index in [1.807, 2.05) is 37.3 Å². The molecule has 4 aromatic rings. The smallest absolute Gasteiger partial charge is 0.348 e. The van der Waals surface area contributed by atoms with E-state index in [9.17, 15) is 14.7 Å². The summed E-state index contributed by atoms with van der Waals surface area (Å²) < 4.78 is 6.56. The van der Waals surface area contributed by atoms with Crippen LogP contribution in [0.2, 0.25) is 0 Å². The fraction of sp³-hybridized carbons (Fsp3) is 0.125. The molecule has 6 nitrogen and oxygen atoms in total. The van der Waals surface area contributed by atoms with Crippen LogP contribution in [0.15, 0.2) is 53.3 Å². The third-order valence-corrected chi connectivity index (χ3v) is 6.01. The van der Waals surface area contributed by atoms with Crippen LogP contribution in [-0.2, 0) is 0 Å². The number of rotatable bonds is 5. The number of methoxy groups -OCH3 is 1. The van der Waals surface area contributed by atoms with Crippen LogP contribution in [0.4, 0.5) is 0 Å². The molecule has 2 aromatic carbocycles. The van der Waals surface area contributed by atoms with Crippen molar-refractivity contribution in [3.63, 3.8) is 0 Å². The van der Waals surface area contributed by atoms with Gasteiger partial charge in [0.2, 0.25) is 0 Å². The molecule has 0 fully saturated rings. The van der Waals surface area contributed by atoms with E-state index in [-0.39, 0.29) is 10.4 Å². The normalized spacial score (nSPS) is 11.3. The Morgan fingerprint density at radius 2 is 1.87 bits per heavy atom. The maximum Gasteiger partial charge on any atom is 0.348 e. The average molecular weight is 433 g/mol. The van der Waals surface area contributed by atoms with Gasteiger partial charge in [-0.3, -0.25) is 4.79 Å². The fourth-order valence-corrected chi connectivity index (χ4v) is 4.36. The average Bonchev–Trinajstić information content (AvgIpc) is 3.15. The summed E-state index contributed by atoms with van der Waals surface area (Å²) in [5.74, 6) is -0.458. The Morgan fingerprint density at radius 3 is 2.52 bits per heavy atom. The Labute approximate surface area is 182 Å². The Kier molecular flexibility index (Phi) is 5.44. The number of carboxylic acids is 1. The molecule has 4 rings (SSSR count). The predicted octanol–water partition coefficient (Wildman–Crippen LogP) is 4.92. The summed E-state index contributed by atoms with van der Waals surface area (Å²) in [6.45, 7) is 3.71. The number of nitrogens with zero attached hydrogens (tertiary/aromatic N) is 2. The highest BCUT2D eigenvalue weighted by Crippen LogP contribution is 2.32. The highest BCUT2D eigenvalue weighted by atomic mass is 32.1. The number of carbonyl (C=O) groups is 1. The number of ether oxygens (including phenoxy) is 1. The zero-order valence-corrected chi connectivity index (χ0v) is 18.1. The Bertz CT molecular complexity index is 1380. The van der Waals surface area contributed by atoms with Crippen LogP contribution in [0.25, 0.3) is 28.4 Å². The third-order valence-electron chi connectivity index (χ3n) is 4.98. The molecular formula is C24H20N2O4S. The molecule has 0 aliphatic carbocycles. The number of aromatic nitrogens is 2. The van der Waals surface area contributed by atoms with Crippen LogP contribution in [0.5, 0.6) is 5.75 Å². The van der Waals surface area contributed by atoms with Gasteiger partial charge in [0, 0.05) is 11.1 Å². The van der Waals surface area contributed by atoms with Crippen molar-refractivity contribution in [2.45, 2.75) is 13.8 Å². The molecule has 2 aromatic heterocycles. The van der Waals surface area contributed by atoms with Crippen molar-refractivity contribution in [1.29, 1.82) is 0 Å². The lowest BCUT2D eigenvalue weighted by atomic mass is 10.1. The van der Waals surface area contributed by atoms with Gasteiger partial charge in [-0.25, -0.2) is 14.2 Å². The maximum atomic E-state index is 13.2. The second-order valence-corrected chi connectivity index (χ2v) is 8.08. The summed E-state index contributed by atoms with van der Waals surface area (Å²) in [5.41, 5.74) is 3.75. The molecule has 0 saturated carbocycles. The number of benzene rings is 2. The monoisotopic (exact) mass is 432 g/mol. The molecule has 0 unspecified atom stereocenters. The van der Waals surface area contributed by atoms with Crippen molar-refractivity contribution in [1.82, 2.24) is 9.38 Å². The number of aromatic carboxylic acids is 1. The van der Waals surface area contributed by atoms with Crippen LogP contribution in [0, 0.1) is 13.8 Å². The molecule has 7 heteroatoms. The van der Waals surface area contributed by atoms with Gasteiger partial charge in [0.25, 0.3) is 5.56 Å². The van der Waals surface area contributed by atoms with E-state index in [0.29, 0.717) is 33.2 Å². The van der Waals surface area contributed by atoms with Crippen molar-refractivity contribution in [3.8, 4) is 17.0 Å². The zero-order valence-electron chi connectivity index (χ0n) is 17.2. The minimum absolute atomic E-state index is 0.0639. The van der Waals surface area contributed by atoms with Gasteiger partial charge in [0.15, 0.2) is 4.96 Å². The van der Waals surface area contributed by atoms with Crippen molar-refractivity contribution in [2.75, 3.05) is 7.11 Å². The number of thiazole rings is 1. The van der Waals surface area contributed by atoms with E-state index < -0.39 is 5.97 Å². The lowest BCUT2D eigenvalue weighted by Crippen LogP contribution is -2.19. The van der Waals surface area contributed by atoms with Gasteiger partial charge in [0.1, 0.15) is 10.6 Å². The molecule has 31 heavy (non-hydrogen) atoms. The standard InChI is InChI=1S/C24H20N2O4S/c1-14-5-4-6-16(13-14)7-12-19-15(2)22(27)26-20(17-8-10-18(30-3)11-9-17)21(23(28)29)31-24(26)25-19/h4-13H,1-3H3,(H,28,29)/b12-7+. The Hall–Kier alpha value is -3.71. The van der Waals surface area contributed by atoms with Crippen molar-refractivity contribution < 1.29 is 14.6 Å². The van der Waals surface area contributed by atoms with Crippen molar-refractivity contribution in [2.24, 2.45) is 0 Å². The molecule has 0 saturated heterocycles. The number of carboxylic acid groups (broad SMARTS) is 1. The van der Waals surface area contributed by atoms with Crippen LogP contribution < -0.4 is 10.3 Å². The number of fused-ring (bicyclic) bond motifs is 1. The molecule has 0 spiro atoms. The summed E-state index contributed by atoms with van der Waals surface area (Å²) in [6, 6.07) is 14.9.